The summed E-state index contributed by atoms with van der Waals surface area (Å²) in [4.78, 5) is 11.7. The molecule has 0 heterocycles. The standard InChI is InChI=1S/C14H11ClFNO/c15-11-6-7-13(12(16)9-11)17-14(18)8-10-4-2-1-3-5-10/h1-7,9H,8H2,(H,17,18). The molecule has 0 spiro atoms. The van der Waals surface area contributed by atoms with E-state index in [4.69, 9.17) is 11.6 Å². The highest BCUT2D eigenvalue weighted by atomic mass is 35.5. The van der Waals surface area contributed by atoms with Crippen LogP contribution in [-0.2, 0) is 11.2 Å². The van der Waals surface area contributed by atoms with Crippen LogP contribution in [-0.4, -0.2) is 5.91 Å². The van der Waals surface area contributed by atoms with Crippen molar-refractivity contribution < 1.29 is 9.18 Å². The van der Waals surface area contributed by atoms with Crippen molar-refractivity contribution in [3.05, 3.63) is 64.9 Å². The number of halogens is 2. The number of anilines is 1. The number of amides is 1. The number of rotatable bonds is 3. The summed E-state index contributed by atoms with van der Waals surface area (Å²) in [6, 6.07) is 13.4. The highest BCUT2D eigenvalue weighted by molar-refractivity contribution is 6.30. The number of carbonyl (C=O) groups excluding carboxylic acids is 1. The van der Waals surface area contributed by atoms with E-state index in [9.17, 15) is 9.18 Å². The third kappa shape index (κ3) is 3.31. The van der Waals surface area contributed by atoms with Gasteiger partial charge in [0.25, 0.3) is 0 Å². The lowest BCUT2D eigenvalue weighted by Gasteiger charge is -2.06. The Morgan fingerprint density at radius 2 is 1.89 bits per heavy atom. The van der Waals surface area contributed by atoms with Crippen molar-refractivity contribution in [1.29, 1.82) is 0 Å². The summed E-state index contributed by atoms with van der Waals surface area (Å²) in [5, 5.41) is 2.81. The molecule has 0 radical (unpaired) electrons. The molecule has 4 heteroatoms. The zero-order chi connectivity index (χ0) is 13.0. The van der Waals surface area contributed by atoms with Gasteiger partial charge in [-0.25, -0.2) is 4.39 Å². The van der Waals surface area contributed by atoms with Crippen molar-refractivity contribution in [3.63, 3.8) is 0 Å². The van der Waals surface area contributed by atoms with Crippen molar-refractivity contribution in [2.45, 2.75) is 6.42 Å². The lowest BCUT2D eigenvalue weighted by Crippen LogP contribution is -2.15. The molecule has 1 N–H and O–H groups in total. The van der Waals surface area contributed by atoms with E-state index in [1.54, 1.807) is 0 Å². The fourth-order valence-corrected chi connectivity index (χ4v) is 1.73. The van der Waals surface area contributed by atoms with Crippen molar-refractivity contribution in [2.75, 3.05) is 5.32 Å². The summed E-state index contributed by atoms with van der Waals surface area (Å²) in [5.41, 5.74) is 1.02. The molecular weight excluding hydrogens is 253 g/mol. The predicted octanol–water partition coefficient (Wildman–Crippen LogP) is 3.66. The molecule has 2 aromatic carbocycles. The van der Waals surface area contributed by atoms with E-state index < -0.39 is 5.82 Å². The normalized spacial score (nSPS) is 10.1. The molecule has 18 heavy (non-hydrogen) atoms. The molecule has 2 rings (SSSR count). The second-order valence-corrected chi connectivity index (χ2v) is 4.27. The number of nitrogens with one attached hydrogen (secondary N) is 1. The zero-order valence-electron chi connectivity index (χ0n) is 9.49. The van der Waals surface area contributed by atoms with E-state index in [1.165, 1.54) is 18.2 Å². The van der Waals surface area contributed by atoms with Gasteiger partial charge in [0.15, 0.2) is 0 Å². The van der Waals surface area contributed by atoms with Crippen LogP contribution in [0.4, 0.5) is 10.1 Å². The molecular formula is C14H11ClFNO. The Morgan fingerprint density at radius 3 is 2.56 bits per heavy atom. The van der Waals surface area contributed by atoms with Gasteiger partial charge in [-0.3, -0.25) is 4.79 Å². The van der Waals surface area contributed by atoms with Crippen LogP contribution in [0.5, 0.6) is 0 Å². The van der Waals surface area contributed by atoms with Crippen molar-refractivity contribution in [1.82, 2.24) is 0 Å². The topological polar surface area (TPSA) is 29.1 Å². The van der Waals surface area contributed by atoms with Gasteiger partial charge in [-0.2, -0.15) is 0 Å². The van der Waals surface area contributed by atoms with E-state index in [1.807, 2.05) is 30.3 Å². The second-order valence-electron chi connectivity index (χ2n) is 3.83. The van der Waals surface area contributed by atoms with Gasteiger partial charge in [-0.1, -0.05) is 41.9 Å². The highest BCUT2D eigenvalue weighted by Crippen LogP contribution is 2.19. The Kier molecular flexibility index (Phi) is 3.95. The van der Waals surface area contributed by atoms with Crippen molar-refractivity contribution >= 4 is 23.2 Å². The molecule has 0 aliphatic heterocycles. The molecule has 0 saturated carbocycles. The molecule has 2 aromatic rings. The van der Waals surface area contributed by atoms with Gasteiger partial charge in [-0.15, -0.1) is 0 Å². The SMILES string of the molecule is O=C(Cc1ccccc1)Nc1ccc(Cl)cc1F. The Balaban J connectivity index is 2.03. The molecule has 0 aliphatic carbocycles. The first-order chi connectivity index (χ1) is 8.65. The van der Waals surface area contributed by atoms with Gasteiger partial charge in [0.1, 0.15) is 5.82 Å². The summed E-state index contributed by atoms with van der Waals surface area (Å²) in [6.07, 6.45) is 0.211. The quantitative estimate of drug-likeness (QED) is 0.900. The Morgan fingerprint density at radius 1 is 1.17 bits per heavy atom. The fraction of sp³-hybridized carbons (Fsp3) is 0.0714. The molecule has 2 nitrogen and oxygen atoms in total. The third-order valence-electron chi connectivity index (χ3n) is 2.41. The van der Waals surface area contributed by atoms with E-state index in [0.717, 1.165) is 5.56 Å². The van der Waals surface area contributed by atoms with Crippen LogP contribution in [0.1, 0.15) is 5.56 Å². The fourth-order valence-electron chi connectivity index (χ4n) is 1.57. The maximum atomic E-state index is 13.5. The summed E-state index contributed by atoms with van der Waals surface area (Å²) in [7, 11) is 0. The Bertz CT molecular complexity index is 557. The van der Waals surface area contributed by atoms with E-state index in [0.29, 0.717) is 5.02 Å². The van der Waals surface area contributed by atoms with Crippen molar-refractivity contribution in [3.8, 4) is 0 Å². The summed E-state index contributed by atoms with van der Waals surface area (Å²) in [5.74, 6) is -0.800. The third-order valence-corrected chi connectivity index (χ3v) is 2.65. The minimum atomic E-state index is -0.538. The molecule has 0 bridgehead atoms. The zero-order valence-corrected chi connectivity index (χ0v) is 10.2. The molecule has 0 aromatic heterocycles. The van der Waals surface area contributed by atoms with Gasteiger partial charge in [0.2, 0.25) is 5.91 Å². The maximum absolute atomic E-state index is 13.5. The van der Waals surface area contributed by atoms with Gasteiger partial charge >= 0.3 is 0 Å². The average molecular weight is 264 g/mol. The van der Waals surface area contributed by atoms with Crippen LogP contribution in [0.25, 0.3) is 0 Å². The van der Waals surface area contributed by atoms with E-state index >= 15 is 0 Å². The molecule has 0 atom stereocenters. The molecule has 1 amide bonds. The minimum Gasteiger partial charge on any atom is -0.323 e. The smallest absolute Gasteiger partial charge is 0.228 e. The first-order valence-corrected chi connectivity index (χ1v) is 5.82. The number of benzene rings is 2. The number of hydrogen-bond donors (Lipinski definition) is 1. The lowest BCUT2D eigenvalue weighted by atomic mass is 10.1. The second kappa shape index (κ2) is 5.65. The molecule has 0 unspecified atom stereocenters. The molecule has 0 saturated heterocycles. The average Bonchev–Trinajstić information content (AvgIpc) is 2.34. The number of carbonyl (C=O) groups is 1. The summed E-state index contributed by atoms with van der Waals surface area (Å²) in [6.45, 7) is 0. The van der Waals surface area contributed by atoms with E-state index in [-0.39, 0.29) is 18.0 Å². The molecule has 0 fully saturated rings. The van der Waals surface area contributed by atoms with Crippen LogP contribution in [0, 0.1) is 5.82 Å². The van der Waals surface area contributed by atoms with Gasteiger partial charge < -0.3 is 5.32 Å². The first kappa shape index (κ1) is 12.6. The van der Waals surface area contributed by atoms with Crippen LogP contribution in [0.3, 0.4) is 0 Å². The lowest BCUT2D eigenvalue weighted by molar-refractivity contribution is -0.115. The molecule has 92 valence electrons. The van der Waals surface area contributed by atoms with Crippen molar-refractivity contribution in [2.24, 2.45) is 0 Å². The van der Waals surface area contributed by atoms with Gasteiger partial charge in [0, 0.05) is 5.02 Å². The van der Waals surface area contributed by atoms with Crippen LogP contribution in [0.15, 0.2) is 48.5 Å². The first-order valence-electron chi connectivity index (χ1n) is 5.44. The van der Waals surface area contributed by atoms with Gasteiger partial charge in [-0.05, 0) is 23.8 Å². The Labute approximate surface area is 109 Å². The Hall–Kier alpha value is -1.87. The van der Waals surface area contributed by atoms with Crippen LogP contribution in [0.2, 0.25) is 5.02 Å². The summed E-state index contributed by atoms with van der Waals surface area (Å²) >= 11 is 5.63. The van der Waals surface area contributed by atoms with Gasteiger partial charge in [0.05, 0.1) is 12.1 Å². The predicted molar refractivity (Wildman–Crippen MR) is 70.2 cm³/mol. The van der Waals surface area contributed by atoms with Crippen LogP contribution >= 0.6 is 11.6 Å². The van der Waals surface area contributed by atoms with Crippen LogP contribution < -0.4 is 5.32 Å². The maximum Gasteiger partial charge on any atom is 0.228 e. The monoisotopic (exact) mass is 263 g/mol. The molecule has 0 aliphatic rings. The number of hydrogen-bond acceptors (Lipinski definition) is 1. The highest BCUT2D eigenvalue weighted by Gasteiger charge is 2.07. The summed E-state index contributed by atoms with van der Waals surface area (Å²) < 4.78 is 13.5. The minimum absolute atomic E-state index is 0.139. The largest absolute Gasteiger partial charge is 0.323 e. The van der Waals surface area contributed by atoms with E-state index in [2.05, 4.69) is 5.32 Å².